The molecule has 2 unspecified atom stereocenters. The van der Waals surface area contributed by atoms with E-state index in [1.165, 1.54) is 0 Å². The molecule has 142 valence electrons. The Hall–Kier alpha value is -2.44. The van der Waals surface area contributed by atoms with Crippen molar-refractivity contribution in [1.82, 2.24) is 10.2 Å². The molecule has 2 aliphatic heterocycles. The molecule has 7 nitrogen and oxygen atoms in total. The van der Waals surface area contributed by atoms with Crippen LogP contribution >= 0.6 is 0 Å². The lowest BCUT2D eigenvalue weighted by molar-refractivity contribution is -0.130. The van der Waals surface area contributed by atoms with Crippen LogP contribution in [0.5, 0.6) is 11.5 Å². The molecule has 0 radical (unpaired) electrons. The first-order valence-electron chi connectivity index (χ1n) is 8.96. The van der Waals surface area contributed by atoms with Crippen LogP contribution in [-0.2, 0) is 9.53 Å². The molecule has 1 aromatic carbocycles. The van der Waals surface area contributed by atoms with Crippen molar-refractivity contribution in [3.8, 4) is 11.5 Å². The molecule has 7 heteroatoms. The number of carbonyl (C=O) groups excluding carboxylic acids is 2. The molecule has 26 heavy (non-hydrogen) atoms. The second-order valence-corrected chi connectivity index (χ2v) is 7.69. The van der Waals surface area contributed by atoms with Gasteiger partial charge in [-0.25, -0.2) is 4.79 Å². The third kappa shape index (κ3) is 4.59. The van der Waals surface area contributed by atoms with Crippen LogP contribution in [0.1, 0.15) is 27.2 Å². The Labute approximate surface area is 153 Å². The average molecular weight is 362 g/mol. The summed E-state index contributed by atoms with van der Waals surface area (Å²) in [6.07, 6.45) is -0.120. The van der Waals surface area contributed by atoms with Crippen molar-refractivity contribution in [3.05, 3.63) is 24.3 Å². The van der Waals surface area contributed by atoms with Crippen LogP contribution in [0, 0.1) is 5.92 Å². The Kier molecular flexibility index (Phi) is 5.25. The fraction of sp³-hybridized carbons (Fsp3) is 0.579. The summed E-state index contributed by atoms with van der Waals surface area (Å²) in [5, 5.41) is 2.91. The molecular weight excluding hydrogens is 336 g/mol. The molecule has 0 aromatic heterocycles. The zero-order valence-corrected chi connectivity index (χ0v) is 15.5. The maximum absolute atomic E-state index is 12.3. The lowest BCUT2D eigenvalue weighted by Gasteiger charge is -2.26. The molecule has 1 saturated heterocycles. The normalized spacial score (nSPS) is 22.0. The molecule has 2 atom stereocenters. The highest BCUT2D eigenvalue weighted by Gasteiger charge is 2.31. The lowest BCUT2D eigenvalue weighted by atomic mass is 10.1. The number of nitrogens with zero attached hydrogens (tertiary/aromatic N) is 1. The van der Waals surface area contributed by atoms with Gasteiger partial charge in [-0.3, -0.25) is 4.79 Å². The minimum absolute atomic E-state index is 0.192. The Morgan fingerprint density at radius 2 is 2.00 bits per heavy atom. The molecule has 2 aliphatic rings. The quantitative estimate of drug-likeness (QED) is 0.892. The highest BCUT2D eigenvalue weighted by Crippen LogP contribution is 2.30. The number of ether oxygens (including phenoxy) is 3. The number of likely N-dealkylation sites (tertiary alicyclic amines) is 1. The highest BCUT2D eigenvalue weighted by atomic mass is 16.6. The molecule has 1 aromatic rings. The van der Waals surface area contributed by atoms with E-state index >= 15 is 0 Å². The fourth-order valence-corrected chi connectivity index (χ4v) is 3.00. The number of amides is 2. The van der Waals surface area contributed by atoms with Crippen LogP contribution in [0.2, 0.25) is 0 Å². The van der Waals surface area contributed by atoms with Gasteiger partial charge in [-0.2, -0.15) is 0 Å². The Morgan fingerprint density at radius 3 is 2.73 bits per heavy atom. The van der Waals surface area contributed by atoms with Crippen LogP contribution in [0.25, 0.3) is 0 Å². The van der Waals surface area contributed by atoms with E-state index in [1.807, 2.05) is 39.0 Å². The SMILES string of the molecule is CC(C)(C)OC(=O)N1CCC(CNC(=O)C2COc3ccccc3O2)C1. The lowest BCUT2D eigenvalue weighted by Crippen LogP contribution is -2.45. The first-order chi connectivity index (χ1) is 12.3. The van der Waals surface area contributed by atoms with Crippen molar-refractivity contribution in [1.29, 1.82) is 0 Å². The van der Waals surface area contributed by atoms with Gasteiger partial charge in [0.1, 0.15) is 12.2 Å². The largest absolute Gasteiger partial charge is 0.485 e. The molecule has 0 spiro atoms. The van der Waals surface area contributed by atoms with Crippen LogP contribution in [0.4, 0.5) is 4.79 Å². The van der Waals surface area contributed by atoms with Gasteiger partial charge in [0.15, 0.2) is 11.5 Å². The minimum Gasteiger partial charge on any atom is -0.485 e. The summed E-state index contributed by atoms with van der Waals surface area (Å²) in [5.74, 6) is 1.25. The minimum atomic E-state index is -0.659. The number of nitrogens with one attached hydrogen (secondary N) is 1. The van der Waals surface area contributed by atoms with Crippen molar-refractivity contribution in [2.45, 2.75) is 38.9 Å². The van der Waals surface area contributed by atoms with Gasteiger partial charge in [-0.15, -0.1) is 0 Å². The van der Waals surface area contributed by atoms with Crippen molar-refractivity contribution >= 4 is 12.0 Å². The standard InChI is InChI=1S/C19H26N2O5/c1-19(2,3)26-18(23)21-9-8-13(11-21)10-20-17(22)16-12-24-14-6-4-5-7-15(14)25-16/h4-7,13,16H,8-12H2,1-3H3,(H,20,22). The summed E-state index contributed by atoms with van der Waals surface area (Å²) in [4.78, 5) is 26.1. The van der Waals surface area contributed by atoms with Crippen LogP contribution in [-0.4, -0.2) is 54.8 Å². The van der Waals surface area contributed by atoms with Gasteiger partial charge in [0.2, 0.25) is 6.10 Å². The molecule has 0 saturated carbocycles. The summed E-state index contributed by atoms with van der Waals surface area (Å²) in [6.45, 7) is 7.47. The van der Waals surface area contributed by atoms with Gasteiger partial charge < -0.3 is 24.4 Å². The summed E-state index contributed by atoms with van der Waals surface area (Å²) >= 11 is 0. The third-order valence-electron chi connectivity index (χ3n) is 4.30. The van der Waals surface area contributed by atoms with Crippen molar-refractivity contribution in [2.24, 2.45) is 5.92 Å². The zero-order valence-electron chi connectivity index (χ0n) is 15.5. The molecule has 0 bridgehead atoms. The fourth-order valence-electron chi connectivity index (χ4n) is 3.00. The van der Waals surface area contributed by atoms with Crippen molar-refractivity contribution in [3.63, 3.8) is 0 Å². The number of carbonyl (C=O) groups is 2. The Balaban J connectivity index is 1.44. The average Bonchev–Trinajstić information content (AvgIpc) is 3.07. The van der Waals surface area contributed by atoms with E-state index in [4.69, 9.17) is 14.2 Å². The van der Waals surface area contributed by atoms with Crippen LogP contribution in [0.3, 0.4) is 0 Å². The summed E-state index contributed by atoms with van der Waals surface area (Å²) in [5.41, 5.74) is -0.502. The molecule has 2 heterocycles. The smallest absolute Gasteiger partial charge is 0.410 e. The van der Waals surface area contributed by atoms with Crippen molar-refractivity contribution in [2.75, 3.05) is 26.2 Å². The van der Waals surface area contributed by atoms with Gasteiger partial charge >= 0.3 is 6.09 Å². The van der Waals surface area contributed by atoms with E-state index < -0.39 is 11.7 Å². The maximum atomic E-state index is 12.3. The second-order valence-electron chi connectivity index (χ2n) is 7.69. The van der Waals surface area contributed by atoms with Crippen LogP contribution in [0.15, 0.2) is 24.3 Å². The first-order valence-corrected chi connectivity index (χ1v) is 8.96. The van der Waals surface area contributed by atoms with Gasteiger partial charge in [0, 0.05) is 19.6 Å². The Bertz CT molecular complexity index is 670. The van der Waals surface area contributed by atoms with Gasteiger partial charge in [0.25, 0.3) is 5.91 Å². The molecule has 1 fully saturated rings. The van der Waals surface area contributed by atoms with E-state index in [0.717, 1.165) is 6.42 Å². The number of hydrogen-bond donors (Lipinski definition) is 1. The Morgan fingerprint density at radius 1 is 1.27 bits per heavy atom. The summed E-state index contributed by atoms with van der Waals surface area (Å²) < 4.78 is 16.7. The van der Waals surface area contributed by atoms with E-state index in [2.05, 4.69) is 5.32 Å². The van der Waals surface area contributed by atoms with Gasteiger partial charge in [-0.1, -0.05) is 12.1 Å². The van der Waals surface area contributed by atoms with E-state index in [-0.39, 0.29) is 24.5 Å². The number of para-hydroxylation sites is 2. The van der Waals surface area contributed by atoms with Crippen molar-refractivity contribution < 1.29 is 23.8 Å². The number of benzene rings is 1. The van der Waals surface area contributed by atoms with E-state index in [0.29, 0.717) is 31.1 Å². The number of rotatable bonds is 3. The van der Waals surface area contributed by atoms with Gasteiger partial charge in [0.05, 0.1) is 0 Å². The van der Waals surface area contributed by atoms with Gasteiger partial charge in [-0.05, 0) is 45.2 Å². The molecule has 1 N–H and O–H groups in total. The monoisotopic (exact) mass is 362 g/mol. The second kappa shape index (κ2) is 7.43. The number of hydrogen-bond acceptors (Lipinski definition) is 5. The molecule has 2 amide bonds. The summed E-state index contributed by atoms with van der Waals surface area (Å²) in [6, 6.07) is 7.29. The number of fused-ring (bicyclic) bond motifs is 1. The third-order valence-corrected chi connectivity index (χ3v) is 4.30. The van der Waals surface area contributed by atoms with E-state index in [1.54, 1.807) is 11.0 Å². The maximum Gasteiger partial charge on any atom is 0.410 e. The predicted molar refractivity (Wildman–Crippen MR) is 95.3 cm³/mol. The van der Waals surface area contributed by atoms with E-state index in [9.17, 15) is 9.59 Å². The molecule has 3 rings (SSSR count). The molecular formula is C19H26N2O5. The topological polar surface area (TPSA) is 77.1 Å². The zero-order chi connectivity index (χ0) is 18.7. The molecule has 0 aliphatic carbocycles. The predicted octanol–water partition coefficient (Wildman–Crippen LogP) is 2.20. The highest BCUT2D eigenvalue weighted by molar-refractivity contribution is 5.81. The summed E-state index contributed by atoms with van der Waals surface area (Å²) in [7, 11) is 0. The first kappa shape index (κ1) is 18.4. The van der Waals surface area contributed by atoms with Crippen LogP contribution < -0.4 is 14.8 Å².